The third-order valence-electron chi connectivity index (χ3n) is 2.69. The van der Waals surface area contributed by atoms with E-state index in [1.165, 1.54) is 24.8 Å². The summed E-state index contributed by atoms with van der Waals surface area (Å²) in [5.41, 5.74) is 2.51. The molecule has 1 N–H and O–H groups in total. The van der Waals surface area contributed by atoms with Crippen LogP contribution in [0.25, 0.3) is 0 Å². The fraction of sp³-hybridized carbons (Fsp3) is 0.417. The fourth-order valence-electron chi connectivity index (χ4n) is 1.89. The van der Waals surface area contributed by atoms with Crippen molar-refractivity contribution in [2.75, 3.05) is 6.54 Å². The molecule has 2 rings (SSSR count). The third-order valence-corrected chi connectivity index (χ3v) is 2.69. The fourth-order valence-corrected chi connectivity index (χ4v) is 1.89. The highest BCUT2D eigenvalue weighted by atomic mass is 14.9. The maximum absolute atomic E-state index is 3.89. The van der Waals surface area contributed by atoms with E-state index in [0.29, 0.717) is 6.04 Å². The molecule has 0 bridgehead atoms. The van der Waals surface area contributed by atoms with Gasteiger partial charge in [0.2, 0.25) is 0 Å². The van der Waals surface area contributed by atoms with Crippen molar-refractivity contribution in [1.82, 2.24) is 5.32 Å². The molecule has 0 saturated carbocycles. The lowest BCUT2D eigenvalue weighted by molar-refractivity contribution is 0.412. The van der Waals surface area contributed by atoms with E-state index in [1.54, 1.807) is 0 Å². The van der Waals surface area contributed by atoms with E-state index in [2.05, 4.69) is 36.5 Å². The predicted octanol–water partition coefficient (Wildman–Crippen LogP) is 2.68. The van der Waals surface area contributed by atoms with Crippen LogP contribution in [0.1, 0.15) is 36.4 Å². The van der Waals surface area contributed by atoms with Crippen LogP contribution in [0, 0.1) is 6.92 Å². The smallest absolute Gasteiger partial charge is 0.0320 e. The average molecular weight is 174 g/mol. The highest BCUT2D eigenvalue weighted by molar-refractivity contribution is 5.26. The quantitative estimate of drug-likeness (QED) is 0.690. The Kier molecular flexibility index (Phi) is 2.65. The molecule has 1 atom stereocenters. The molecule has 1 nitrogen and oxygen atoms in total. The van der Waals surface area contributed by atoms with Crippen LogP contribution >= 0.6 is 0 Å². The normalized spacial score (nSPS) is 23.0. The number of hydrogen-bond donors (Lipinski definition) is 1. The van der Waals surface area contributed by atoms with Crippen LogP contribution in [0.3, 0.4) is 0 Å². The monoisotopic (exact) mass is 174 g/mol. The van der Waals surface area contributed by atoms with Crippen molar-refractivity contribution in [2.45, 2.75) is 25.3 Å². The van der Waals surface area contributed by atoms with Crippen LogP contribution in [0.5, 0.6) is 0 Å². The number of piperidine rings is 1. The molecule has 69 valence electrons. The van der Waals surface area contributed by atoms with Crippen molar-refractivity contribution in [2.24, 2.45) is 0 Å². The molecule has 1 radical (unpaired) electrons. The van der Waals surface area contributed by atoms with Crippen molar-refractivity contribution >= 4 is 0 Å². The molecule has 0 amide bonds. The van der Waals surface area contributed by atoms with Crippen LogP contribution in [0.2, 0.25) is 0 Å². The van der Waals surface area contributed by atoms with Gasteiger partial charge < -0.3 is 5.32 Å². The minimum absolute atomic E-state index is 0.578. The van der Waals surface area contributed by atoms with Gasteiger partial charge in [0.25, 0.3) is 0 Å². The molecule has 0 aromatic heterocycles. The first-order valence-electron chi connectivity index (χ1n) is 5.01. The van der Waals surface area contributed by atoms with E-state index in [-0.39, 0.29) is 0 Å². The Hall–Kier alpha value is -0.820. The second-order valence-electron chi connectivity index (χ2n) is 3.74. The Morgan fingerprint density at radius 3 is 2.54 bits per heavy atom. The van der Waals surface area contributed by atoms with Crippen LogP contribution in [0.4, 0.5) is 0 Å². The van der Waals surface area contributed by atoms with Gasteiger partial charge in [-0.05, 0) is 37.4 Å². The molecule has 1 aromatic carbocycles. The van der Waals surface area contributed by atoms with Gasteiger partial charge >= 0.3 is 0 Å². The molecule has 13 heavy (non-hydrogen) atoms. The summed E-state index contributed by atoms with van der Waals surface area (Å²) in [6.07, 6.45) is 3.95. The van der Waals surface area contributed by atoms with Gasteiger partial charge in [-0.2, -0.15) is 0 Å². The van der Waals surface area contributed by atoms with Crippen LogP contribution in [-0.4, -0.2) is 6.54 Å². The lowest BCUT2D eigenvalue weighted by Gasteiger charge is -2.23. The number of nitrogens with one attached hydrogen (secondary N) is 1. The van der Waals surface area contributed by atoms with Crippen molar-refractivity contribution < 1.29 is 0 Å². The summed E-state index contributed by atoms with van der Waals surface area (Å²) in [6, 6.07) is 9.13. The molecule has 1 unspecified atom stereocenters. The molecule has 1 aliphatic heterocycles. The molecule has 1 aromatic rings. The lowest BCUT2D eigenvalue weighted by Crippen LogP contribution is -2.26. The van der Waals surface area contributed by atoms with E-state index >= 15 is 0 Å². The second kappa shape index (κ2) is 3.93. The molecule has 1 heteroatoms. The third kappa shape index (κ3) is 2.10. The van der Waals surface area contributed by atoms with Gasteiger partial charge in [-0.1, -0.05) is 30.7 Å². The van der Waals surface area contributed by atoms with Gasteiger partial charge in [-0.15, -0.1) is 0 Å². The Balaban J connectivity index is 2.10. The lowest BCUT2D eigenvalue weighted by atomic mass is 9.97. The second-order valence-corrected chi connectivity index (χ2v) is 3.74. The standard InChI is InChI=1S/C12H16N/c1-10-5-7-11(8-6-10)12-4-2-3-9-13-12/h5-8,12-13H,1-4,9H2. The Bertz CT molecular complexity index is 257. The zero-order valence-corrected chi connectivity index (χ0v) is 7.92. The molecule has 1 saturated heterocycles. The van der Waals surface area contributed by atoms with E-state index in [4.69, 9.17) is 0 Å². The van der Waals surface area contributed by atoms with Gasteiger partial charge in [0.05, 0.1) is 0 Å². The molecule has 0 aliphatic carbocycles. The number of hydrogen-bond acceptors (Lipinski definition) is 1. The first kappa shape index (κ1) is 8.76. The molecule has 0 spiro atoms. The molecule has 1 fully saturated rings. The van der Waals surface area contributed by atoms with E-state index in [1.807, 2.05) is 0 Å². The average Bonchev–Trinajstić information content (AvgIpc) is 2.20. The molecular formula is C12H16N. The Labute approximate surface area is 80.2 Å². The first-order valence-corrected chi connectivity index (χ1v) is 5.01. The van der Waals surface area contributed by atoms with Crippen LogP contribution in [-0.2, 0) is 0 Å². The maximum Gasteiger partial charge on any atom is 0.0320 e. The van der Waals surface area contributed by atoms with Crippen molar-refractivity contribution in [3.05, 3.63) is 42.3 Å². The van der Waals surface area contributed by atoms with Crippen molar-refractivity contribution in [3.8, 4) is 0 Å². The van der Waals surface area contributed by atoms with Gasteiger partial charge in [-0.3, -0.25) is 0 Å². The summed E-state index contributed by atoms with van der Waals surface area (Å²) in [7, 11) is 0. The topological polar surface area (TPSA) is 12.0 Å². The zero-order valence-electron chi connectivity index (χ0n) is 7.92. The maximum atomic E-state index is 3.89. The van der Waals surface area contributed by atoms with Crippen molar-refractivity contribution in [1.29, 1.82) is 0 Å². The van der Waals surface area contributed by atoms with E-state index in [0.717, 1.165) is 12.1 Å². The Morgan fingerprint density at radius 1 is 1.15 bits per heavy atom. The Morgan fingerprint density at radius 2 is 1.92 bits per heavy atom. The van der Waals surface area contributed by atoms with E-state index in [9.17, 15) is 0 Å². The summed E-state index contributed by atoms with van der Waals surface area (Å²) in [5.74, 6) is 0. The van der Waals surface area contributed by atoms with Crippen LogP contribution in [0.15, 0.2) is 24.3 Å². The zero-order chi connectivity index (χ0) is 9.10. The molecular weight excluding hydrogens is 158 g/mol. The number of benzene rings is 1. The minimum Gasteiger partial charge on any atom is -0.310 e. The minimum atomic E-state index is 0.578. The molecule has 1 aliphatic rings. The van der Waals surface area contributed by atoms with Gasteiger partial charge in [-0.25, -0.2) is 0 Å². The number of rotatable bonds is 1. The highest BCUT2D eigenvalue weighted by Crippen LogP contribution is 2.22. The largest absolute Gasteiger partial charge is 0.310 e. The predicted molar refractivity (Wildman–Crippen MR) is 55.5 cm³/mol. The summed E-state index contributed by atoms with van der Waals surface area (Å²) in [5, 5.41) is 3.53. The van der Waals surface area contributed by atoms with Gasteiger partial charge in [0.15, 0.2) is 0 Å². The summed E-state index contributed by atoms with van der Waals surface area (Å²) < 4.78 is 0. The summed E-state index contributed by atoms with van der Waals surface area (Å²) in [6.45, 7) is 5.05. The molecule has 1 heterocycles. The van der Waals surface area contributed by atoms with Gasteiger partial charge in [0, 0.05) is 6.04 Å². The summed E-state index contributed by atoms with van der Waals surface area (Å²) >= 11 is 0. The van der Waals surface area contributed by atoms with E-state index < -0.39 is 0 Å². The van der Waals surface area contributed by atoms with Crippen molar-refractivity contribution in [3.63, 3.8) is 0 Å². The summed E-state index contributed by atoms with van der Waals surface area (Å²) in [4.78, 5) is 0. The first-order chi connectivity index (χ1) is 6.36. The van der Waals surface area contributed by atoms with Gasteiger partial charge in [0.1, 0.15) is 0 Å². The highest BCUT2D eigenvalue weighted by Gasteiger charge is 2.13. The van der Waals surface area contributed by atoms with Crippen LogP contribution < -0.4 is 5.32 Å². The SMILES string of the molecule is [CH2]c1ccc(C2CCCCN2)cc1.